The first-order chi connectivity index (χ1) is 14.6. The molecule has 0 unspecified atom stereocenters. The molecule has 0 aliphatic carbocycles. The molecular formula is C23H33NO7. The number of carbonyl (C=O) groups is 1. The molecule has 3 fully saturated rings. The van der Waals surface area contributed by atoms with Gasteiger partial charge in [-0.15, -0.1) is 0 Å². The molecule has 0 spiro atoms. The minimum absolute atomic E-state index is 0.0146. The Hall–Kier alpha value is -1.55. The maximum atomic E-state index is 13.1. The zero-order valence-corrected chi connectivity index (χ0v) is 19.1. The highest BCUT2D eigenvalue weighted by Crippen LogP contribution is 2.42. The summed E-state index contributed by atoms with van der Waals surface area (Å²) in [6, 6.07) is 9.56. The quantitative estimate of drug-likeness (QED) is 0.680. The number of hydrogen-bond acceptors (Lipinski definition) is 7. The fourth-order valence-electron chi connectivity index (χ4n) is 4.43. The summed E-state index contributed by atoms with van der Waals surface area (Å²) in [7, 11) is 0. The average molecular weight is 436 g/mol. The molecule has 31 heavy (non-hydrogen) atoms. The first kappa shape index (κ1) is 22.6. The van der Waals surface area contributed by atoms with E-state index in [9.17, 15) is 4.79 Å². The summed E-state index contributed by atoms with van der Waals surface area (Å²) in [4.78, 5) is 14.9. The van der Waals surface area contributed by atoms with Crippen LogP contribution < -0.4 is 4.90 Å². The number of fused-ring (bicyclic) bond motifs is 1. The molecule has 0 bridgehead atoms. The van der Waals surface area contributed by atoms with Crippen molar-refractivity contribution in [3.8, 4) is 0 Å². The van der Waals surface area contributed by atoms with Gasteiger partial charge in [0.2, 0.25) is 0 Å². The minimum atomic E-state index is -0.785. The highest BCUT2D eigenvalue weighted by Gasteiger charge is 2.59. The molecule has 1 aromatic rings. The molecule has 8 nitrogen and oxygen atoms in total. The van der Waals surface area contributed by atoms with Gasteiger partial charge in [0.05, 0.1) is 6.61 Å². The van der Waals surface area contributed by atoms with Gasteiger partial charge < -0.3 is 33.3 Å². The van der Waals surface area contributed by atoms with E-state index in [0.29, 0.717) is 6.61 Å². The van der Waals surface area contributed by atoms with Crippen molar-refractivity contribution in [1.29, 1.82) is 0 Å². The van der Waals surface area contributed by atoms with Gasteiger partial charge in [-0.2, -0.15) is 0 Å². The zero-order valence-electron chi connectivity index (χ0n) is 19.1. The van der Waals surface area contributed by atoms with Gasteiger partial charge in [-0.05, 0) is 53.7 Å². The van der Waals surface area contributed by atoms with Crippen LogP contribution in [0.25, 0.3) is 0 Å². The normalized spacial score (nSPS) is 33.6. The van der Waals surface area contributed by atoms with Gasteiger partial charge in [-0.1, -0.05) is 18.2 Å². The first-order valence-electron chi connectivity index (χ1n) is 10.9. The summed E-state index contributed by atoms with van der Waals surface area (Å²) < 4.78 is 36.0. The molecule has 3 heterocycles. The molecule has 172 valence electrons. The Morgan fingerprint density at radius 2 is 1.77 bits per heavy atom. The van der Waals surface area contributed by atoms with Gasteiger partial charge in [-0.25, -0.2) is 0 Å². The Morgan fingerprint density at radius 3 is 2.39 bits per heavy atom. The van der Waals surface area contributed by atoms with Crippen LogP contribution in [0.1, 0.15) is 41.5 Å². The van der Waals surface area contributed by atoms with Crippen LogP contribution in [0.4, 0.5) is 5.69 Å². The molecule has 0 saturated carbocycles. The molecule has 5 atom stereocenters. The summed E-state index contributed by atoms with van der Waals surface area (Å²) in [5, 5.41) is 0. The Kier molecular flexibility index (Phi) is 6.15. The molecule has 3 saturated heterocycles. The van der Waals surface area contributed by atoms with Gasteiger partial charge in [-0.3, -0.25) is 4.79 Å². The summed E-state index contributed by atoms with van der Waals surface area (Å²) >= 11 is 0. The van der Waals surface area contributed by atoms with E-state index >= 15 is 0 Å². The fourth-order valence-corrected chi connectivity index (χ4v) is 4.43. The Labute approximate surface area is 183 Å². The van der Waals surface area contributed by atoms with Crippen molar-refractivity contribution in [2.45, 2.75) is 89.9 Å². The monoisotopic (exact) mass is 435 g/mol. The predicted octanol–water partition coefficient (Wildman–Crippen LogP) is 2.84. The smallest absolute Gasteiger partial charge is 0.253 e. The van der Waals surface area contributed by atoms with E-state index in [1.807, 2.05) is 71.9 Å². The van der Waals surface area contributed by atoms with Crippen molar-refractivity contribution in [2.75, 3.05) is 18.1 Å². The molecule has 8 heteroatoms. The Balaban J connectivity index is 1.49. The van der Waals surface area contributed by atoms with E-state index in [0.717, 1.165) is 5.69 Å². The van der Waals surface area contributed by atoms with Crippen LogP contribution in [0.15, 0.2) is 30.3 Å². The molecule has 0 radical (unpaired) electrons. The van der Waals surface area contributed by atoms with Gasteiger partial charge >= 0.3 is 0 Å². The van der Waals surface area contributed by atoms with Crippen LogP contribution >= 0.6 is 0 Å². The third kappa shape index (κ3) is 4.79. The zero-order chi connectivity index (χ0) is 22.4. The van der Waals surface area contributed by atoms with Crippen LogP contribution in [-0.2, 0) is 33.2 Å². The number of anilines is 1. The minimum Gasteiger partial charge on any atom is -0.363 e. The molecular weight excluding hydrogens is 402 g/mol. The number of hydrogen-bond donors (Lipinski definition) is 0. The van der Waals surface area contributed by atoms with Crippen molar-refractivity contribution in [3.63, 3.8) is 0 Å². The van der Waals surface area contributed by atoms with Gasteiger partial charge in [0, 0.05) is 11.7 Å². The molecule has 3 aliphatic heterocycles. The van der Waals surface area contributed by atoms with Crippen molar-refractivity contribution < 1.29 is 33.2 Å². The SMILES string of the molecule is CC(C)N(C(=O)CO[C@H]1[C@@H]2OC(C)(C)O[C@H]2O[C@H]1[C@@H]1COC(C)(C)O1)c1ccccc1. The third-order valence-corrected chi connectivity index (χ3v) is 5.64. The van der Waals surface area contributed by atoms with E-state index in [-0.39, 0.29) is 24.7 Å². The lowest BCUT2D eigenvalue weighted by Gasteiger charge is -2.30. The lowest BCUT2D eigenvalue weighted by Crippen LogP contribution is -2.46. The maximum Gasteiger partial charge on any atom is 0.253 e. The van der Waals surface area contributed by atoms with Gasteiger partial charge in [0.15, 0.2) is 17.9 Å². The second-order valence-electron chi connectivity index (χ2n) is 9.41. The van der Waals surface area contributed by atoms with E-state index < -0.39 is 36.2 Å². The van der Waals surface area contributed by atoms with Crippen LogP contribution in [-0.4, -0.2) is 67.4 Å². The van der Waals surface area contributed by atoms with E-state index in [1.54, 1.807) is 4.90 Å². The maximum absolute atomic E-state index is 13.1. The average Bonchev–Trinajstić information content (AvgIpc) is 3.29. The van der Waals surface area contributed by atoms with Crippen molar-refractivity contribution >= 4 is 11.6 Å². The summed E-state index contributed by atoms with van der Waals surface area (Å²) in [5.41, 5.74) is 0.832. The van der Waals surface area contributed by atoms with Crippen LogP contribution in [0.5, 0.6) is 0 Å². The highest BCUT2D eigenvalue weighted by molar-refractivity contribution is 5.94. The second kappa shape index (κ2) is 8.42. The highest BCUT2D eigenvalue weighted by atomic mass is 16.8. The number of ether oxygens (including phenoxy) is 6. The number of rotatable bonds is 6. The lowest BCUT2D eigenvalue weighted by molar-refractivity contribution is -0.235. The van der Waals surface area contributed by atoms with Crippen molar-refractivity contribution in [1.82, 2.24) is 0 Å². The van der Waals surface area contributed by atoms with Crippen LogP contribution in [0.2, 0.25) is 0 Å². The fraction of sp³-hybridized carbons (Fsp3) is 0.696. The molecule has 0 N–H and O–H groups in total. The van der Waals surface area contributed by atoms with Crippen LogP contribution in [0.3, 0.4) is 0 Å². The second-order valence-corrected chi connectivity index (χ2v) is 9.41. The number of para-hydroxylation sites is 1. The Morgan fingerprint density at radius 1 is 1.06 bits per heavy atom. The number of nitrogens with zero attached hydrogens (tertiary/aromatic N) is 1. The van der Waals surface area contributed by atoms with E-state index in [1.165, 1.54) is 0 Å². The molecule has 4 rings (SSSR count). The number of carbonyl (C=O) groups excluding carboxylic acids is 1. The predicted molar refractivity (Wildman–Crippen MR) is 112 cm³/mol. The largest absolute Gasteiger partial charge is 0.363 e. The standard InChI is InChI=1S/C23H33NO7/c1-14(2)24(15-10-8-7-9-11-15)17(25)13-26-19-18(16-12-27-22(3,4)29-16)28-21-20(19)30-23(5,6)31-21/h7-11,14,16,18-21H,12-13H2,1-6H3/t16-,18-,19+,20-,21+/m0/s1. The third-order valence-electron chi connectivity index (χ3n) is 5.64. The van der Waals surface area contributed by atoms with Crippen molar-refractivity contribution in [2.24, 2.45) is 0 Å². The van der Waals surface area contributed by atoms with Gasteiger partial charge in [0.25, 0.3) is 5.91 Å². The van der Waals surface area contributed by atoms with Gasteiger partial charge in [0.1, 0.15) is 31.0 Å². The molecule has 3 aliphatic rings. The molecule has 0 aromatic heterocycles. The number of benzene rings is 1. The van der Waals surface area contributed by atoms with Crippen molar-refractivity contribution in [3.05, 3.63) is 30.3 Å². The summed E-state index contributed by atoms with van der Waals surface area (Å²) in [6.07, 6.45) is -2.37. The Bertz CT molecular complexity index is 781. The van der Waals surface area contributed by atoms with Crippen LogP contribution in [0, 0.1) is 0 Å². The topological polar surface area (TPSA) is 75.7 Å². The molecule has 1 aromatic carbocycles. The lowest BCUT2D eigenvalue weighted by atomic mass is 10.1. The first-order valence-corrected chi connectivity index (χ1v) is 10.9. The molecule has 1 amide bonds. The summed E-state index contributed by atoms with van der Waals surface area (Å²) in [6.45, 7) is 11.6. The van der Waals surface area contributed by atoms with E-state index in [2.05, 4.69) is 0 Å². The van der Waals surface area contributed by atoms with E-state index in [4.69, 9.17) is 28.4 Å². The number of amides is 1. The summed E-state index contributed by atoms with van der Waals surface area (Å²) in [5.74, 6) is -1.62.